The van der Waals surface area contributed by atoms with Gasteiger partial charge in [0.15, 0.2) is 0 Å². The van der Waals surface area contributed by atoms with Gasteiger partial charge < -0.3 is 5.32 Å². The minimum Gasteiger partial charge on any atom is -0.314 e. The lowest BCUT2D eigenvalue weighted by atomic mass is 9.71. The smallest absolute Gasteiger partial charge is 0.142 e. The summed E-state index contributed by atoms with van der Waals surface area (Å²) >= 11 is 6.14. The highest BCUT2D eigenvalue weighted by Crippen LogP contribution is 2.36. The molecular weight excluding hydrogens is 285 g/mol. The predicted molar refractivity (Wildman–Crippen MR) is 88.2 cm³/mol. The van der Waals surface area contributed by atoms with Crippen LogP contribution in [0.25, 0.3) is 0 Å². The van der Waals surface area contributed by atoms with Gasteiger partial charge in [-0.15, -0.1) is 0 Å². The molecule has 0 aliphatic heterocycles. The zero-order valence-corrected chi connectivity index (χ0v) is 14.1. The molecule has 1 N–H and O–H groups in total. The van der Waals surface area contributed by atoms with Crippen molar-refractivity contribution in [2.75, 3.05) is 6.54 Å². The topological polar surface area (TPSA) is 12.0 Å². The molecule has 2 rings (SSSR count). The lowest BCUT2D eigenvalue weighted by Gasteiger charge is -2.38. The van der Waals surface area contributed by atoms with Crippen LogP contribution in [0.4, 0.5) is 4.39 Å². The quantitative estimate of drug-likeness (QED) is 0.800. The van der Waals surface area contributed by atoms with E-state index < -0.39 is 0 Å². The summed E-state index contributed by atoms with van der Waals surface area (Å²) in [5.41, 5.74) is 0.953. The van der Waals surface area contributed by atoms with Crippen LogP contribution < -0.4 is 5.32 Å². The van der Waals surface area contributed by atoms with Gasteiger partial charge in [0.2, 0.25) is 0 Å². The number of hydrogen-bond donors (Lipinski definition) is 1. The summed E-state index contributed by atoms with van der Waals surface area (Å²) in [7, 11) is 0. The molecule has 118 valence electrons. The van der Waals surface area contributed by atoms with Gasteiger partial charge in [0.25, 0.3) is 0 Å². The van der Waals surface area contributed by atoms with Crippen molar-refractivity contribution in [3.63, 3.8) is 0 Å². The Labute approximate surface area is 133 Å². The molecule has 1 nitrogen and oxygen atoms in total. The van der Waals surface area contributed by atoms with Crippen molar-refractivity contribution in [2.45, 2.75) is 52.5 Å². The van der Waals surface area contributed by atoms with E-state index in [2.05, 4.69) is 26.1 Å². The molecule has 3 unspecified atom stereocenters. The zero-order chi connectivity index (χ0) is 15.4. The Kier molecular flexibility index (Phi) is 6.07. The molecule has 0 bridgehead atoms. The van der Waals surface area contributed by atoms with E-state index in [1.807, 2.05) is 6.07 Å². The van der Waals surface area contributed by atoms with E-state index in [1.165, 1.54) is 25.3 Å². The van der Waals surface area contributed by atoms with Gasteiger partial charge in [-0.1, -0.05) is 44.5 Å². The second-order valence-corrected chi connectivity index (χ2v) is 7.04. The van der Waals surface area contributed by atoms with Crippen LogP contribution in [0, 0.1) is 23.6 Å². The molecule has 21 heavy (non-hydrogen) atoms. The Morgan fingerprint density at radius 2 is 2.10 bits per heavy atom. The molecule has 1 fully saturated rings. The fourth-order valence-electron chi connectivity index (χ4n) is 3.65. The van der Waals surface area contributed by atoms with Gasteiger partial charge in [-0.25, -0.2) is 4.39 Å². The first-order valence-electron chi connectivity index (χ1n) is 8.19. The third kappa shape index (κ3) is 4.20. The van der Waals surface area contributed by atoms with Crippen LogP contribution in [-0.2, 0) is 6.42 Å². The summed E-state index contributed by atoms with van der Waals surface area (Å²) in [6.07, 6.45) is 4.59. The number of rotatable bonds is 5. The normalized spacial score (nSPS) is 26.3. The van der Waals surface area contributed by atoms with Crippen LogP contribution in [0.15, 0.2) is 18.2 Å². The van der Waals surface area contributed by atoms with Gasteiger partial charge in [-0.3, -0.25) is 0 Å². The van der Waals surface area contributed by atoms with Gasteiger partial charge in [0, 0.05) is 6.04 Å². The van der Waals surface area contributed by atoms with E-state index in [4.69, 9.17) is 11.6 Å². The zero-order valence-electron chi connectivity index (χ0n) is 13.3. The van der Waals surface area contributed by atoms with Gasteiger partial charge in [-0.2, -0.15) is 0 Å². The SMILES string of the molecule is CCNC1CCC(C(C)C)CC1Cc1cccc(F)c1Cl. The molecule has 1 aromatic rings. The lowest BCUT2D eigenvalue weighted by Crippen LogP contribution is -2.42. The summed E-state index contributed by atoms with van der Waals surface area (Å²) in [5.74, 6) is 1.74. The van der Waals surface area contributed by atoms with Gasteiger partial charge in [0.05, 0.1) is 5.02 Å². The molecule has 0 heterocycles. The van der Waals surface area contributed by atoms with Gasteiger partial charge in [-0.05, 0) is 61.6 Å². The van der Waals surface area contributed by atoms with E-state index in [9.17, 15) is 4.39 Å². The molecule has 0 spiro atoms. The van der Waals surface area contributed by atoms with Crippen LogP contribution in [0.5, 0.6) is 0 Å². The molecule has 1 aromatic carbocycles. The maximum atomic E-state index is 13.6. The van der Waals surface area contributed by atoms with Crippen molar-refractivity contribution in [1.82, 2.24) is 5.32 Å². The average Bonchev–Trinajstić information content (AvgIpc) is 2.45. The number of benzene rings is 1. The van der Waals surface area contributed by atoms with Gasteiger partial charge >= 0.3 is 0 Å². The molecule has 3 heteroatoms. The standard InChI is InChI=1S/C18H27ClFN/c1-4-21-17-9-8-13(12(2)3)10-15(17)11-14-6-5-7-16(20)18(14)19/h5-7,12-13,15,17,21H,4,8-11H2,1-3H3. The molecule has 1 aliphatic rings. The van der Waals surface area contributed by atoms with Crippen LogP contribution >= 0.6 is 11.6 Å². The maximum absolute atomic E-state index is 13.6. The number of nitrogens with one attached hydrogen (secondary N) is 1. The second kappa shape index (κ2) is 7.60. The Morgan fingerprint density at radius 3 is 2.76 bits per heavy atom. The first-order chi connectivity index (χ1) is 10.0. The summed E-state index contributed by atoms with van der Waals surface area (Å²) in [6, 6.07) is 5.70. The van der Waals surface area contributed by atoms with Crippen LogP contribution in [-0.4, -0.2) is 12.6 Å². The summed E-state index contributed by atoms with van der Waals surface area (Å²) < 4.78 is 13.6. The third-order valence-corrected chi connectivity index (χ3v) is 5.37. The van der Waals surface area contributed by atoms with E-state index in [0.717, 1.165) is 30.4 Å². The summed E-state index contributed by atoms with van der Waals surface area (Å²) in [5, 5.41) is 3.92. The van der Waals surface area contributed by atoms with Crippen molar-refractivity contribution < 1.29 is 4.39 Å². The molecule has 3 atom stereocenters. The Bertz CT molecular complexity index is 461. The first-order valence-corrected chi connectivity index (χ1v) is 8.57. The molecular formula is C18H27ClFN. The Morgan fingerprint density at radius 1 is 1.33 bits per heavy atom. The minimum atomic E-state index is -0.301. The highest BCUT2D eigenvalue weighted by molar-refractivity contribution is 6.31. The van der Waals surface area contributed by atoms with E-state index in [-0.39, 0.29) is 5.82 Å². The largest absolute Gasteiger partial charge is 0.314 e. The molecule has 1 saturated carbocycles. The molecule has 0 radical (unpaired) electrons. The van der Waals surface area contributed by atoms with E-state index in [0.29, 0.717) is 17.0 Å². The van der Waals surface area contributed by atoms with Crippen molar-refractivity contribution >= 4 is 11.6 Å². The van der Waals surface area contributed by atoms with Crippen LogP contribution in [0.3, 0.4) is 0 Å². The molecule has 0 amide bonds. The van der Waals surface area contributed by atoms with Crippen molar-refractivity contribution in [3.8, 4) is 0 Å². The molecule has 0 aromatic heterocycles. The summed E-state index contributed by atoms with van der Waals surface area (Å²) in [4.78, 5) is 0. The second-order valence-electron chi connectivity index (χ2n) is 6.66. The van der Waals surface area contributed by atoms with E-state index in [1.54, 1.807) is 6.07 Å². The third-order valence-electron chi connectivity index (χ3n) is 4.95. The van der Waals surface area contributed by atoms with Gasteiger partial charge in [0.1, 0.15) is 5.82 Å². The average molecular weight is 312 g/mol. The fourth-order valence-corrected chi connectivity index (χ4v) is 3.85. The predicted octanol–water partition coefficient (Wildman–Crippen LogP) is 5.07. The van der Waals surface area contributed by atoms with E-state index >= 15 is 0 Å². The van der Waals surface area contributed by atoms with Crippen LogP contribution in [0.2, 0.25) is 5.02 Å². The van der Waals surface area contributed by atoms with Crippen molar-refractivity contribution in [3.05, 3.63) is 34.6 Å². The molecule has 1 aliphatic carbocycles. The number of hydrogen-bond acceptors (Lipinski definition) is 1. The fraction of sp³-hybridized carbons (Fsp3) is 0.667. The highest BCUT2D eigenvalue weighted by atomic mass is 35.5. The summed E-state index contributed by atoms with van der Waals surface area (Å²) in [6.45, 7) is 7.76. The molecule has 0 saturated heterocycles. The van der Waals surface area contributed by atoms with Crippen LogP contribution in [0.1, 0.15) is 45.6 Å². The van der Waals surface area contributed by atoms with Crippen molar-refractivity contribution in [1.29, 1.82) is 0 Å². The highest BCUT2D eigenvalue weighted by Gasteiger charge is 2.31. The maximum Gasteiger partial charge on any atom is 0.142 e. The lowest BCUT2D eigenvalue weighted by molar-refractivity contribution is 0.169. The first kappa shape index (κ1) is 16.8. The van der Waals surface area contributed by atoms with Crippen molar-refractivity contribution in [2.24, 2.45) is 17.8 Å². The monoisotopic (exact) mass is 311 g/mol. The Balaban J connectivity index is 2.13. The number of halogens is 2. The Hall–Kier alpha value is -0.600. The minimum absolute atomic E-state index is 0.301.